The first-order valence-corrected chi connectivity index (χ1v) is 7.03. The van der Waals surface area contributed by atoms with E-state index in [1.54, 1.807) is 6.92 Å². The van der Waals surface area contributed by atoms with Gasteiger partial charge in [0.2, 0.25) is 0 Å². The highest BCUT2D eigenvalue weighted by Gasteiger charge is 2.46. The van der Waals surface area contributed by atoms with Gasteiger partial charge < -0.3 is 0 Å². The highest BCUT2D eigenvalue weighted by molar-refractivity contribution is 5.94. The third-order valence-corrected chi connectivity index (χ3v) is 4.82. The summed E-state index contributed by atoms with van der Waals surface area (Å²) in [5.41, 5.74) is 1.36. The lowest BCUT2D eigenvalue weighted by Gasteiger charge is -2.42. The molecular formula is C16H24O. The quantitative estimate of drug-likeness (QED) is 0.661. The molecule has 0 N–H and O–H groups in total. The number of Topliss-reactive ketones (excluding diaryl/α,β-unsaturated/α-hetero) is 1. The molecule has 1 nitrogen and oxygen atoms in total. The van der Waals surface area contributed by atoms with Gasteiger partial charge >= 0.3 is 0 Å². The summed E-state index contributed by atoms with van der Waals surface area (Å²) in [6.07, 6.45) is 12.9. The number of carbonyl (C=O) groups excluding carboxylic acids is 1. The lowest BCUT2D eigenvalue weighted by Crippen LogP contribution is -2.34. The van der Waals surface area contributed by atoms with E-state index in [4.69, 9.17) is 0 Å². The van der Waals surface area contributed by atoms with Gasteiger partial charge in [-0.05, 0) is 55.4 Å². The van der Waals surface area contributed by atoms with Crippen molar-refractivity contribution in [3.05, 3.63) is 23.8 Å². The molecule has 17 heavy (non-hydrogen) atoms. The molecule has 0 spiro atoms. The summed E-state index contributed by atoms with van der Waals surface area (Å²) in [4.78, 5) is 11.6. The van der Waals surface area contributed by atoms with E-state index < -0.39 is 0 Å². The van der Waals surface area contributed by atoms with Crippen LogP contribution in [0.3, 0.4) is 0 Å². The van der Waals surface area contributed by atoms with E-state index in [1.165, 1.54) is 25.7 Å². The maximum Gasteiger partial charge on any atom is 0.155 e. The summed E-state index contributed by atoms with van der Waals surface area (Å²) < 4.78 is 0. The zero-order valence-corrected chi connectivity index (χ0v) is 11.3. The zero-order valence-electron chi connectivity index (χ0n) is 11.3. The van der Waals surface area contributed by atoms with E-state index >= 15 is 0 Å². The molecular weight excluding hydrogens is 208 g/mol. The van der Waals surface area contributed by atoms with E-state index in [-0.39, 0.29) is 11.2 Å². The number of carbonyl (C=O) groups is 1. The molecule has 0 bridgehead atoms. The number of allylic oxidation sites excluding steroid dienone is 4. The molecule has 0 aliphatic heterocycles. The Balaban J connectivity index is 2.35. The van der Waals surface area contributed by atoms with Crippen LogP contribution in [0.2, 0.25) is 0 Å². The van der Waals surface area contributed by atoms with Crippen LogP contribution in [-0.4, -0.2) is 5.78 Å². The van der Waals surface area contributed by atoms with Crippen molar-refractivity contribution in [1.29, 1.82) is 0 Å². The van der Waals surface area contributed by atoms with Gasteiger partial charge in [-0.25, -0.2) is 0 Å². The van der Waals surface area contributed by atoms with Gasteiger partial charge in [0.15, 0.2) is 5.78 Å². The van der Waals surface area contributed by atoms with E-state index in [1.807, 2.05) is 0 Å². The molecule has 0 amide bonds. The van der Waals surface area contributed by atoms with Gasteiger partial charge in [0.05, 0.1) is 0 Å². The van der Waals surface area contributed by atoms with Crippen molar-refractivity contribution in [1.82, 2.24) is 0 Å². The van der Waals surface area contributed by atoms with Gasteiger partial charge in [0, 0.05) is 0 Å². The van der Waals surface area contributed by atoms with Gasteiger partial charge in [0.25, 0.3) is 0 Å². The number of ketones is 1. The number of rotatable bonds is 4. The van der Waals surface area contributed by atoms with Crippen molar-refractivity contribution in [2.75, 3.05) is 0 Å². The molecule has 0 heterocycles. The fourth-order valence-corrected chi connectivity index (χ4v) is 3.84. The second-order valence-electron chi connectivity index (χ2n) is 5.65. The minimum atomic E-state index is 0.274. The van der Waals surface area contributed by atoms with Crippen molar-refractivity contribution in [2.45, 2.75) is 52.9 Å². The smallest absolute Gasteiger partial charge is 0.155 e. The van der Waals surface area contributed by atoms with Crippen LogP contribution in [0.25, 0.3) is 0 Å². The predicted molar refractivity (Wildman–Crippen MR) is 71.8 cm³/mol. The Kier molecular flexibility index (Phi) is 3.56. The molecule has 0 aromatic heterocycles. The molecule has 0 unspecified atom stereocenters. The average molecular weight is 232 g/mol. The predicted octanol–water partition coefficient (Wildman–Crippen LogP) is 4.29. The molecule has 3 atom stereocenters. The summed E-state index contributed by atoms with van der Waals surface area (Å²) in [5, 5.41) is 0. The maximum atomic E-state index is 11.6. The first-order valence-electron chi connectivity index (χ1n) is 7.03. The first kappa shape index (κ1) is 12.6. The fraction of sp³-hybridized carbons (Fsp3) is 0.688. The summed E-state index contributed by atoms with van der Waals surface area (Å²) in [7, 11) is 0. The SMILES string of the molecule is CCC[C@@H]1CC=C[C@H]2CC(C(C)=O)=C[C@@]12CC. The van der Waals surface area contributed by atoms with Gasteiger partial charge in [-0.3, -0.25) is 4.79 Å². The van der Waals surface area contributed by atoms with Crippen molar-refractivity contribution >= 4 is 5.78 Å². The van der Waals surface area contributed by atoms with E-state index in [9.17, 15) is 4.79 Å². The van der Waals surface area contributed by atoms with Crippen LogP contribution in [0.4, 0.5) is 0 Å². The molecule has 0 saturated heterocycles. The summed E-state index contributed by atoms with van der Waals surface area (Å²) in [6, 6.07) is 0. The molecule has 0 saturated carbocycles. The second-order valence-corrected chi connectivity index (χ2v) is 5.65. The Morgan fingerprint density at radius 1 is 1.47 bits per heavy atom. The highest BCUT2D eigenvalue weighted by atomic mass is 16.1. The standard InChI is InChI=1S/C16H24O/c1-4-7-14-8-6-9-15-10-13(12(3)17)11-16(14,15)5-2/h6,9,11,14-15H,4-5,7-8,10H2,1-3H3/t14-,15+,16+/m1/s1. The van der Waals surface area contributed by atoms with Gasteiger partial charge in [-0.1, -0.05) is 38.5 Å². The summed E-state index contributed by atoms with van der Waals surface area (Å²) >= 11 is 0. The van der Waals surface area contributed by atoms with Gasteiger partial charge in [-0.15, -0.1) is 0 Å². The van der Waals surface area contributed by atoms with Crippen LogP contribution in [0, 0.1) is 17.3 Å². The van der Waals surface area contributed by atoms with Crippen LogP contribution < -0.4 is 0 Å². The third kappa shape index (κ3) is 2.00. The largest absolute Gasteiger partial charge is 0.295 e. The molecule has 2 aliphatic carbocycles. The van der Waals surface area contributed by atoms with Crippen LogP contribution in [0.5, 0.6) is 0 Å². The lowest BCUT2D eigenvalue weighted by molar-refractivity contribution is -0.113. The molecule has 0 aromatic carbocycles. The van der Waals surface area contributed by atoms with E-state index in [0.29, 0.717) is 5.92 Å². The number of hydrogen-bond donors (Lipinski definition) is 0. The number of hydrogen-bond acceptors (Lipinski definition) is 1. The molecule has 2 rings (SSSR count). The van der Waals surface area contributed by atoms with Crippen LogP contribution >= 0.6 is 0 Å². The molecule has 94 valence electrons. The van der Waals surface area contributed by atoms with E-state index in [2.05, 4.69) is 32.1 Å². The van der Waals surface area contributed by atoms with Crippen molar-refractivity contribution in [3.63, 3.8) is 0 Å². The summed E-state index contributed by atoms with van der Waals surface area (Å²) in [6.45, 7) is 6.26. The fourth-order valence-electron chi connectivity index (χ4n) is 3.84. The van der Waals surface area contributed by atoms with Crippen LogP contribution in [0.1, 0.15) is 52.9 Å². The Morgan fingerprint density at radius 2 is 2.24 bits per heavy atom. The lowest BCUT2D eigenvalue weighted by atomic mass is 9.62. The van der Waals surface area contributed by atoms with Crippen molar-refractivity contribution in [3.8, 4) is 0 Å². The summed E-state index contributed by atoms with van der Waals surface area (Å²) in [5.74, 6) is 1.59. The highest BCUT2D eigenvalue weighted by Crippen LogP contribution is 2.54. The first-order chi connectivity index (χ1) is 8.14. The Hall–Kier alpha value is -0.850. The minimum absolute atomic E-state index is 0.274. The van der Waals surface area contributed by atoms with Crippen LogP contribution in [0.15, 0.2) is 23.8 Å². The zero-order chi connectivity index (χ0) is 12.5. The molecule has 1 heteroatoms. The molecule has 0 radical (unpaired) electrons. The normalized spacial score (nSPS) is 35.6. The average Bonchev–Trinajstić information content (AvgIpc) is 2.70. The molecule has 0 aromatic rings. The van der Waals surface area contributed by atoms with Crippen LogP contribution in [-0.2, 0) is 4.79 Å². The Bertz CT molecular complexity index is 364. The Morgan fingerprint density at radius 3 is 2.82 bits per heavy atom. The maximum absolute atomic E-state index is 11.6. The van der Waals surface area contributed by atoms with Crippen molar-refractivity contribution in [2.24, 2.45) is 17.3 Å². The van der Waals surface area contributed by atoms with Gasteiger partial charge in [-0.2, -0.15) is 0 Å². The van der Waals surface area contributed by atoms with Crippen molar-refractivity contribution < 1.29 is 4.79 Å². The number of fused-ring (bicyclic) bond motifs is 1. The van der Waals surface area contributed by atoms with E-state index in [0.717, 1.165) is 17.9 Å². The monoisotopic (exact) mass is 232 g/mol. The molecule has 2 aliphatic rings. The second kappa shape index (κ2) is 4.80. The van der Waals surface area contributed by atoms with Gasteiger partial charge in [0.1, 0.15) is 0 Å². The Labute approximate surface area is 105 Å². The minimum Gasteiger partial charge on any atom is -0.295 e. The molecule has 0 fully saturated rings. The third-order valence-electron chi connectivity index (χ3n) is 4.82. The topological polar surface area (TPSA) is 17.1 Å².